The van der Waals surface area contributed by atoms with Crippen molar-refractivity contribution in [3.05, 3.63) is 11.3 Å². The van der Waals surface area contributed by atoms with Crippen LogP contribution in [-0.2, 0) is 28.6 Å². The van der Waals surface area contributed by atoms with Gasteiger partial charge in [-0.05, 0) is 26.2 Å². The maximum Gasteiger partial charge on any atom is 0.306 e. The summed E-state index contributed by atoms with van der Waals surface area (Å²) in [5, 5.41) is 0. The zero-order valence-corrected chi connectivity index (χ0v) is 20.6. The quantitative estimate of drug-likeness (QED) is 0.425. The minimum Gasteiger partial charge on any atom is -0.465 e. The highest BCUT2D eigenvalue weighted by Crippen LogP contribution is 2.50. The van der Waals surface area contributed by atoms with Crippen LogP contribution in [0.25, 0.3) is 0 Å². The third-order valence-electron chi connectivity index (χ3n) is 7.12. The molecule has 0 aliphatic carbocycles. The number of hydrogen-bond donors (Lipinski definition) is 0. The lowest BCUT2D eigenvalue weighted by Crippen LogP contribution is -2.65. The number of ether oxygens (including phenoxy) is 3. The van der Waals surface area contributed by atoms with Crippen LogP contribution in [0.1, 0.15) is 75.2 Å². The highest BCUT2D eigenvalue weighted by Gasteiger charge is 2.61. The molecule has 2 aliphatic heterocycles. The van der Waals surface area contributed by atoms with Crippen molar-refractivity contribution in [1.82, 2.24) is 0 Å². The molecule has 2 aliphatic rings. The maximum absolute atomic E-state index is 13.3. The van der Waals surface area contributed by atoms with Gasteiger partial charge < -0.3 is 19.0 Å². The van der Waals surface area contributed by atoms with Gasteiger partial charge in [0, 0.05) is 29.7 Å². The molecule has 6 heteroatoms. The largest absolute Gasteiger partial charge is 0.465 e. The lowest BCUT2D eigenvalue weighted by molar-refractivity contribution is -0.348. The van der Waals surface area contributed by atoms with Gasteiger partial charge in [-0.25, -0.2) is 0 Å². The molecule has 0 N–H and O–H groups in total. The Kier molecular flexibility index (Phi) is 8.12. The van der Waals surface area contributed by atoms with Crippen LogP contribution in [0.5, 0.6) is 0 Å². The molecule has 0 amide bonds. The van der Waals surface area contributed by atoms with Crippen molar-refractivity contribution in [1.29, 1.82) is 0 Å². The fourth-order valence-corrected chi connectivity index (χ4v) is 4.94. The molecule has 2 rings (SSSR count). The third-order valence-corrected chi connectivity index (χ3v) is 7.12. The Morgan fingerprint density at radius 1 is 1.19 bits per heavy atom. The average Bonchev–Trinajstić information content (AvgIpc) is 2.72. The minimum atomic E-state index is -1.29. The first-order chi connectivity index (χ1) is 14.4. The normalized spacial score (nSPS) is 35.7. The molecular formula is C25H40O6. The first-order valence-corrected chi connectivity index (χ1v) is 11.7. The Hall–Kier alpha value is -1.69. The summed E-state index contributed by atoms with van der Waals surface area (Å²) in [6.07, 6.45) is 0.918. The van der Waals surface area contributed by atoms with E-state index in [9.17, 15) is 14.4 Å². The fourth-order valence-electron chi connectivity index (χ4n) is 4.94. The number of Topliss-reactive ketones (excluding diaryl/α,β-unsaturated/α-hetero) is 1. The molecule has 0 bridgehead atoms. The van der Waals surface area contributed by atoms with E-state index in [4.69, 9.17) is 14.2 Å². The number of rotatable bonds is 7. The van der Waals surface area contributed by atoms with Gasteiger partial charge >= 0.3 is 5.97 Å². The Morgan fingerprint density at radius 2 is 1.81 bits per heavy atom. The average molecular weight is 437 g/mol. The minimum absolute atomic E-state index is 0.0206. The molecule has 1 saturated heterocycles. The van der Waals surface area contributed by atoms with Crippen molar-refractivity contribution in [2.24, 2.45) is 35.5 Å². The van der Waals surface area contributed by atoms with E-state index in [1.54, 1.807) is 20.8 Å². The first kappa shape index (κ1) is 25.6. The maximum atomic E-state index is 13.3. The number of allylic oxidation sites excluding steroid dienone is 2. The number of esters is 1. The molecule has 1 spiro atoms. The van der Waals surface area contributed by atoms with Crippen molar-refractivity contribution < 1.29 is 28.6 Å². The van der Waals surface area contributed by atoms with Crippen molar-refractivity contribution in [2.45, 2.75) is 93.2 Å². The van der Waals surface area contributed by atoms with Crippen LogP contribution < -0.4 is 0 Å². The third kappa shape index (κ3) is 4.74. The highest BCUT2D eigenvalue weighted by molar-refractivity contribution is 5.98. The van der Waals surface area contributed by atoms with E-state index in [1.165, 1.54) is 0 Å². The van der Waals surface area contributed by atoms with Crippen LogP contribution in [-0.4, -0.2) is 36.0 Å². The van der Waals surface area contributed by atoms with Crippen LogP contribution in [0.3, 0.4) is 0 Å². The van der Waals surface area contributed by atoms with Gasteiger partial charge in [0.25, 0.3) is 0 Å². The van der Waals surface area contributed by atoms with Gasteiger partial charge in [-0.2, -0.15) is 0 Å². The molecule has 6 nitrogen and oxygen atoms in total. The summed E-state index contributed by atoms with van der Waals surface area (Å²) in [5.74, 6) is -2.36. The zero-order valence-electron chi connectivity index (χ0n) is 20.6. The van der Waals surface area contributed by atoms with E-state index < -0.39 is 29.8 Å². The van der Waals surface area contributed by atoms with E-state index in [-0.39, 0.29) is 35.4 Å². The molecular weight excluding hydrogens is 396 g/mol. The van der Waals surface area contributed by atoms with Crippen molar-refractivity contribution >= 4 is 18.0 Å². The molecule has 0 aromatic heterocycles. The first-order valence-electron chi connectivity index (χ1n) is 11.7. The van der Waals surface area contributed by atoms with Crippen LogP contribution in [0.2, 0.25) is 0 Å². The second-order valence-corrected chi connectivity index (χ2v) is 9.99. The SMILES string of the molecule is CC[C@H](C)C1=C(C)C(=O)[C@@H](C)[C@]2(O1)O[C@H]([C@H](C)C=O)[C@H](C)[C@@H](OC(=O)CC(C)C)[C@H]2C. The van der Waals surface area contributed by atoms with Crippen LogP contribution in [0, 0.1) is 35.5 Å². The number of carbonyl (C=O) groups excluding carboxylic acids is 3. The van der Waals surface area contributed by atoms with Gasteiger partial charge in [-0.1, -0.05) is 48.5 Å². The number of hydrogen-bond acceptors (Lipinski definition) is 6. The standard InChI is InChI=1S/C25H40O6/c1-10-14(4)22-16(6)21(28)18(8)25(30-22)19(9)24(29-20(27)11-13(2)3)17(7)23(31-25)15(5)12-26/h12-15,17-19,23-24H,10-11H2,1-9H3/t14-,15+,17-,18+,19+,23+,24+,25-/m0/s1. The Morgan fingerprint density at radius 3 is 2.32 bits per heavy atom. The second kappa shape index (κ2) is 9.85. The van der Waals surface area contributed by atoms with Gasteiger partial charge in [0.2, 0.25) is 5.79 Å². The monoisotopic (exact) mass is 436 g/mol. The van der Waals surface area contributed by atoms with E-state index in [1.807, 2.05) is 41.5 Å². The fraction of sp³-hybridized carbons (Fsp3) is 0.800. The summed E-state index contributed by atoms with van der Waals surface area (Å²) in [7, 11) is 0. The summed E-state index contributed by atoms with van der Waals surface area (Å²) in [5.41, 5.74) is 0.621. The molecule has 8 atom stereocenters. The summed E-state index contributed by atoms with van der Waals surface area (Å²) in [6.45, 7) is 17.3. The Labute approximate surface area is 187 Å². The van der Waals surface area contributed by atoms with Gasteiger partial charge in [0.1, 0.15) is 18.1 Å². The van der Waals surface area contributed by atoms with Crippen molar-refractivity contribution in [3.63, 3.8) is 0 Å². The van der Waals surface area contributed by atoms with Crippen LogP contribution in [0.15, 0.2) is 11.3 Å². The number of aldehydes is 1. The predicted molar refractivity (Wildman–Crippen MR) is 118 cm³/mol. The van der Waals surface area contributed by atoms with Gasteiger partial charge in [0.15, 0.2) is 5.78 Å². The topological polar surface area (TPSA) is 78.9 Å². The van der Waals surface area contributed by atoms with E-state index in [0.717, 1.165) is 12.7 Å². The number of ketones is 1. The molecule has 1 fully saturated rings. The van der Waals surface area contributed by atoms with Gasteiger partial charge in [-0.3, -0.25) is 9.59 Å². The molecule has 176 valence electrons. The molecule has 2 heterocycles. The summed E-state index contributed by atoms with van der Waals surface area (Å²) in [6, 6.07) is 0. The highest BCUT2D eigenvalue weighted by atomic mass is 16.7. The van der Waals surface area contributed by atoms with Crippen LogP contribution >= 0.6 is 0 Å². The summed E-state index contributed by atoms with van der Waals surface area (Å²) < 4.78 is 19.1. The second-order valence-electron chi connectivity index (χ2n) is 9.99. The van der Waals surface area contributed by atoms with E-state index >= 15 is 0 Å². The zero-order chi connectivity index (χ0) is 23.7. The Bertz CT molecular complexity index is 726. The van der Waals surface area contributed by atoms with E-state index in [2.05, 4.69) is 0 Å². The van der Waals surface area contributed by atoms with Crippen LogP contribution in [0.4, 0.5) is 0 Å². The van der Waals surface area contributed by atoms with Gasteiger partial charge in [0.05, 0.1) is 17.9 Å². The molecule has 0 unspecified atom stereocenters. The lowest BCUT2D eigenvalue weighted by atomic mass is 9.71. The smallest absolute Gasteiger partial charge is 0.306 e. The predicted octanol–water partition coefficient (Wildman–Crippen LogP) is 4.70. The summed E-state index contributed by atoms with van der Waals surface area (Å²) >= 11 is 0. The number of carbonyl (C=O) groups is 3. The lowest BCUT2D eigenvalue weighted by Gasteiger charge is -2.55. The summed E-state index contributed by atoms with van der Waals surface area (Å²) in [4.78, 5) is 37.6. The Balaban J connectivity index is 2.54. The van der Waals surface area contributed by atoms with Crippen molar-refractivity contribution in [2.75, 3.05) is 0 Å². The molecule has 31 heavy (non-hydrogen) atoms. The molecule has 0 aromatic rings. The van der Waals surface area contributed by atoms with Gasteiger partial charge in [-0.15, -0.1) is 0 Å². The van der Waals surface area contributed by atoms with Crippen molar-refractivity contribution in [3.8, 4) is 0 Å². The van der Waals surface area contributed by atoms with E-state index in [0.29, 0.717) is 17.8 Å². The molecule has 0 aromatic carbocycles. The molecule has 0 saturated carbocycles. The molecule has 0 radical (unpaired) electrons.